The van der Waals surface area contributed by atoms with E-state index in [1.165, 1.54) is 38.4 Å². The van der Waals surface area contributed by atoms with Crippen LogP contribution in [0.3, 0.4) is 0 Å². The smallest absolute Gasteiger partial charge is 0.146 e. The SMILES string of the molecule is c1cc(-c2ccc3c(c2)-c2ccccc2Cc2cc4ccccc4nc2-3)nc(-c2ccc3c(c2)c2ccccc2n2c4ccccc4nc32)c1. The van der Waals surface area contributed by atoms with E-state index in [9.17, 15) is 0 Å². The Bertz CT molecular complexity index is 3030. The van der Waals surface area contributed by atoms with E-state index in [0.717, 1.165) is 73.3 Å². The van der Waals surface area contributed by atoms with Crippen LogP contribution in [0.2, 0.25) is 0 Å². The first-order valence-corrected chi connectivity index (χ1v) is 17.1. The maximum absolute atomic E-state index is 5.27. The van der Waals surface area contributed by atoms with Crippen molar-refractivity contribution < 1.29 is 0 Å². The topological polar surface area (TPSA) is 43.1 Å². The lowest BCUT2D eigenvalue weighted by Crippen LogP contribution is -1.94. The molecule has 0 fully saturated rings. The van der Waals surface area contributed by atoms with Crippen LogP contribution in [-0.2, 0) is 6.42 Å². The Morgan fingerprint density at radius 2 is 1.16 bits per heavy atom. The summed E-state index contributed by atoms with van der Waals surface area (Å²) in [5, 5.41) is 4.68. The number of para-hydroxylation sites is 4. The van der Waals surface area contributed by atoms with Gasteiger partial charge in [-0.3, -0.25) is 4.40 Å². The molecule has 0 amide bonds. The molecule has 0 atom stereocenters. The number of benzene rings is 6. The first kappa shape index (κ1) is 27.3. The number of fused-ring (bicyclic) bond motifs is 14. The number of pyridine rings is 3. The summed E-state index contributed by atoms with van der Waals surface area (Å²) in [7, 11) is 0. The highest BCUT2D eigenvalue weighted by Crippen LogP contribution is 2.43. The van der Waals surface area contributed by atoms with Crippen LogP contribution >= 0.6 is 0 Å². The summed E-state index contributed by atoms with van der Waals surface area (Å²) in [6.45, 7) is 0. The van der Waals surface area contributed by atoms with Gasteiger partial charge in [0, 0.05) is 39.3 Å². The van der Waals surface area contributed by atoms with Gasteiger partial charge in [-0.25, -0.2) is 15.0 Å². The Labute approximate surface area is 288 Å². The van der Waals surface area contributed by atoms with Crippen molar-refractivity contribution in [1.29, 1.82) is 0 Å². The van der Waals surface area contributed by atoms with Crippen LogP contribution in [-0.4, -0.2) is 19.4 Å². The molecule has 232 valence electrons. The van der Waals surface area contributed by atoms with E-state index in [1.807, 2.05) is 0 Å². The third-order valence-corrected chi connectivity index (χ3v) is 10.4. The molecule has 0 radical (unpaired) electrons. The molecule has 6 aromatic carbocycles. The summed E-state index contributed by atoms with van der Waals surface area (Å²) in [6, 6.07) is 56.2. The van der Waals surface area contributed by atoms with Crippen molar-refractivity contribution in [2.45, 2.75) is 6.42 Å². The first-order chi connectivity index (χ1) is 24.8. The Kier molecular flexibility index (Phi) is 5.69. The minimum absolute atomic E-state index is 0.846. The highest BCUT2D eigenvalue weighted by atomic mass is 15.0. The predicted octanol–water partition coefficient (Wildman–Crippen LogP) is 11.3. The van der Waals surface area contributed by atoms with Crippen molar-refractivity contribution in [3.63, 3.8) is 0 Å². The average Bonchev–Trinajstić information content (AvgIpc) is 3.52. The summed E-state index contributed by atoms with van der Waals surface area (Å²) in [5.41, 5.74) is 16.5. The summed E-state index contributed by atoms with van der Waals surface area (Å²) in [4.78, 5) is 15.6. The Balaban J connectivity index is 1.07. The summed E-state index contributed by atoms with van der Waals surface area (Å²) in [5.74, 6) is 0. The van der Waals surface area contributed by atoms with Crippen LogP contribution in [0.15, 0.2) is 158 Å². The van der Waals surface area contributed by atoms with Crippen molar-refractivity contribution in [3.05, 3.63) is 169 Å². The van der Waals surface area contributed by atoms with Gasteiger partial charge in [0.15, 0.2) is 0 Å². The van der Waals surface area contributed by atoms with Crippen LogP contribution in [0.5, 0.6) is 0 Å². The monoisotopic (exact) mass is 636 g/mol. The fraction of sp³-hybridized carbons (Fsp3) is 0.0217. The van der Waals surface area contributed by atoms with Gasteiger partial charge in [0.05, 0.1) is 39.1 Å². The van der Waals surface area contributed by atoms with Crippen LogP contribution in [0, 0.1) is 0 Å². The number of nitrogens with zero attached hydrogens (tertiary/aromatic N) is 4. The van der Waals surface area contributed by atoms with Crippen LogP contribution in [0.25, 0.3) is 94.2 Å². The number of rotatable bonds is 2. The normalized spacial score (nSPS) is 12.3. The second-order valence-electron chi connectivity index (χ2n) is 13.2. The molecule has 0 aliphatic heterocycles. The van der Waals surface area contributed by atoms with Crippen molar-refractivity contribution in [1.82, 2.24) is 19.4 Å². The van der Waals surface area contributed by atoms with Gasteiger partial charge >= 0.3 is 0 Å². The fourth-order valence-electron chi connectivity index (χ4n) is 8.03. The highest BCUT2D eigenvalue weighted by Gasteiger charge is 2.22. The number of hydrogen-bond acceptors (Lipinski definition) is 3. The minimum atomic E-state index is 0.846. The van der Waals surface area contributed by atoms with E-state index >= 15 is 0 Å². The Hall–Kier alpha value is -6.65. The van der Waals surface area contributed by atoms with E-state index in [2.05, 4.69) is 162 Å². The number of aromatic nitrogens is 4. The molecule has 4 heterocycles. The zero-order valence-corrected chi connectivity index (χ0v) is 27.0. The summed E-state index contributed by atoms with van der Waals surface area (Å²) >= 11 is 0. The molecule has 0 spiro atoms. The molecule has 0 saturated heterocycles. The molecule has 4 aromatic heterocycles. The lowest BCUT2D eigenvalue weighted by Gasteiger charge is -2.14. The van der Waals surface area contributed by atoms with Crippen molar-refractivity contribution >= 4 is 49.3 Å². The first-order valence-electron chi connectivity index (χ1n) is 17.1. The second-order valence-corrected chi connectivity index (χ2v) is 13.2. The van der Waals surface area contributed by atoms with E-state index in [4.69, 9.17) is 15.0 Å². The van der Waals surface area contributed by atoms with Gasteiger partial charge in [-0.2, -0.15) is 0 Å². The maximum Gasteiger partial charge on any atom is 0.146 e. The van der Waals surface area contributed by atoms with Crippen molar-refractivity contribution in [3.8, 4) is 44.9 Å². The summed E-state index contributed by atoms with van der Waals surface area (Å²) in [6.07, 6.45) is 0.846. The van der Waals surface area contributed by atoms with Gasteiger partial charge in [0.1, 0.15) is 5.65 Å². The molecule has 0 unspecified atom stereocenters. The predicted molar refractivity (Wildman–Crippen MR) is 205 cm³/mol. The third-order valence-electron chi connectivity index (χ3n) is 10.4. The molecule has 0 saturated carbocycles. The third kappa shape index (κ3) is 4.02. The molecule has 0 bridgehead atoms. The Morgan fingerprint density at radius 1 is 0.420 bits per heavy atom. The lowest BCUT2D eigenvalue weighted by molar-refractivity contribution is 1.19. The second kappa shape index (κ2) is 10.4. The minimum Gasteiger partial charge on any atom is -0.292 e. The lowest BCUT2D eigenvalue weighted by atomic mass is 9.93. The van der Waals surface area contributed by atoms with E-state index in [-0.39, 0.29) is 0 Å². The maximum atomic E-state index is 5.27. The van der Waals surface area contributed by atoms with Crippen molar-refractivity contribution in [2.75, 3.05) is 0 Å². The zero-order valence-electron chi connectivity index (χ0n) is 27.0. The molecule has 0 N–H and O–H groups in total. The summed E-state index contributed by atoms with van der Waals surface area (Å²) < 4.78 is 2.29. The van der Waals surface area contributed by atoms with E-state index in [0.29, 0.717) is 0 Å². The Morgan fingerprint density at radius 3 is 2.08 bits per heavy atom. The van der Waals surface area contributed by atoms with Gasteiger partial charge in [-0.05, 0) is 88.3 Å². The largest absolute Gasteiger partial charge is 0.292 e. The number of hydrogen-bond donors (Lipinski definition) is 0. The van der Waals surface area contributed by atoms with E-state index in [1.54, 1.807) is 0 Å². The van der Waals surface area contributed by atoms with Crippen molar-refractivity contribution in [2.24, 2.45) is 0 Å². The molecular formula is C46H28N4. The van der Waals surface area contributed by atoms with Gasteiger partial charge in [-0.15, -0.1) is 0 Å². The average molecular weight is 637 g/mol. The molecule has 1 aliphatic rings. The standard InChI is InChI=1S/C46H28N4/c1-3-12-33-28(10-1)24-32-25-29-11-2-5-14-41(29)48-45(32)35-22-20-30(26-37(33)35)39-16-9-17-40(47-39)31-21-23-36-38(27-31)34-13-4-7-18-43(34)50-44-19-8-6-15-42(44)49-46(36)50/h1-23,25-27H,24H2. The van der Waals surface area contributed by atoms with Gasteiger partial charge in [-0.1, -0.05) is 97.1 Å². The molecule has 10 aromatic rings. The zero-order chi connectivity index (χ0) is 32.8. The fourth-order valence-corrected chi connectivity index (χ4v) is 8.03. The molecule has 50 heavy (non-hydrogen) atoms. The highest BCUT2D eigenvalue weighted by molar-refractivity contribution is 6.14. The van der Waals surface area contributed by atoms with Gasteiger partial charge in [0.25, 0.3) is 0 Å². The molecular weight excluding hydrogens is 609 g/mol. The van der Waals surface area contributed by atoms with E-state index < -0.39 is 0 Å². The van der Waals surface area contributed by atoms with Gasteiger partial charge < -0.3 is 0 Å². The quantitative estimate of drug-likeness (QED) is 0.177. The van der Waals surface area contributed by atoms with Crippen LogP contribution in [0.4, 0.5) is 0 Å². The molecule has 4 heteroatoms. The van der Waals surface area contributed by atoms with Crippen LogP contribution < -0.4 is 0 Å². The van der Waals surface area contributed by atoms with Gasteiger partial charge in [0.2, 0.25) is 0 Å². The van der Waals surface area contributed by atoms with Crippen LogP contribution in [0.1, 0.15) is 11.1 Å². The molecule has 11 rings (SSSR count). The number of imidazole rings is 1. The molecule has 4 nitrogen and oxygen atoms in total. The molecule has 1 aliphatic carbocycles.